The van der Waals surface area contributed by atoms with Crippen molar-refractivity contribution in [3.8, 4) is 11.5 Å². The molecule has 0 heterocycles. The summed E-state index contributed by atoms with van der Waals surface area (Å²) in [5.74, 6) is -0.321. The number of rotatable bonds is 6. The third kappa shape index (κ3) is 4.89. The molecule has 138 valence electrons. The Kier molecular flexibility index (Phi) is 6.46. The number of methoxy groups -OCH3 is 2. The first-order valence-electron chi connectivity index (χ1n) is 7.81. The molecule has 2 rings (SSSR count). The minimum absolute atomic E-state index is 0.351. The minimum atomic E-state index is -0.562. The second kappa shape index (κ2) is 8.58. The minimum Gasteiger partial charge on any atom is -0.495 e. The summed E-state index contributed by atoms with van der Waals surface area (Å²) in [6, 6.07) is 8.42. The highest BCUT2D eigenvalue weighted by Gasteiger charge is 2.15. The summed E-state index contributed by atoms with van der Waals surface area (Å²) >= 11 is 6.03. The topological polar surface area (TPSA) is 73.9 Å². The van der Waals surface area contributed by atoms with Crippen LogP contribution in [0.25, 0.3) is 0 Å². The second-order valence-corrected chi connectivity index (χ2v) is 6.09. The number of carbonyl (C=O) groups is 2. The van der Waals surface area contributed by atoms with Crippen molar-refractivity contribution in [2.75, 3.05) is 26.1 Å². The van der Waals surface area contributed by atoms with E-state index < -0.39 is 18.5 Å². The first-order valence-corrected chi connectivity index (χ1v) is 8.18. The van der Waals surface area contributed by atoms with Crippen molar-refractivity contribution in [2.45, 2.75) is 13.8 Å². The van der Waals surface area contributed by atoms with Crippen molar-refractivity contribution >= 4 is 29.2 Å². The number of amides is 1. The number of halogens is 1. The smallest absolute Gasteiger partial charge is 0.338 e. The molecule has 7 heteroatoms. The molecule has 0 atom stereocenters. The Labute approximate surface area is 157 Å². The molecule has 26 heavy (non-hydrogen) atoms. The molecule has 1 amide bonds. The van der Waals surface area contributed by atoms with Crippen LogP contribution in [0.1, 0.15) is 21.5 Å². The first kappa shape index (κ1) is 19.6. The molecule has 0 aromatic heterocycles. The predicted molar refractivity (Wildman–Crippen MR) is 99.4 cm³/mol. The van der Waals surface area contributed by atoms with Gasteiger partial charge in [0.05, 0.1) is 30.5 Å². The fraction of sp³-hybridized carbons (Fsp3) is 0.263. The van der Waals surface area contributed by atoms with Gasteiger partial charge < -0.3 is 19.5 Å². The summed E-state index contributed by atoms with van der Waals surface area (Å²) < 4.78 is 15.4. The summed E-state index contributed by atoms with van der Waals surface area (Å²) in [7, 11) is 2.92. The quantitative estimate of drug-likeness (QED) is 0.776. The maximum absolute atomic E-state index is 12.1. The van der Waals surface area contributed by atoms with Crippen LogP contribution in [0.5, 0.6) is 11.5 Å². The van der Waals surface area contributed by atoms with Crippen LogP contribution < -0.4 is 14.8 Å². The van der Waals surface area contributed by atoms with Gasteiger partial charge in [-0.1, -0.05) is 28.8 Å². The summed E-state index contributed by atoms with van der Waals surface area (Å²) in [5.41, 5.74) is 2.65. The maximum atomic E-state index is 12.1. The van der Waals surface area contributed by atoms with Crippen LogP contribution in [-0.2, 0) is 9.53 Å². The van der Waals surface area contributed by atoms with Gasteiger partial charge in [0.1, 0.15) is 11.5 Å². The van der Waals surface area contributed by atoms with Gasteiger partial charge in [-0.15, -0.1) is 0 Å². The van der Waals surface area contributed by atoms with Crippen LogP contribution in [-0.4, -0.2) is 32.7 Å². The zero-order valence-corrected chi connectivity index (χ0v) is 15.8. The molecule has 0 fully saturated rings. The summed E-state index contributed by atoms with van der Waals surface area (Å²) in [5, 5.41) is 2.96. The highest BCUT2D eigenvalue weighted by molar-refractivity contribution is 6.32. The van der Waals surface area contributed by atoms with Crippen LogP contribution in [0, 0.1) is 13.8 Å². The Bertz CT molecular complexity index is 815. The van der Waals surface area contributed by atoms with Crippen molar-refractivity contribution in [1.82, 2.24) is 0 Å². The van der Waals surface area contributed by atoms with Crippen molar-refractivity contribution in [3.63, 3.8) is 0 Å². The van der Waals surface area contributed by atoms with Gasteiger partial charge in [-0.3, -0.25) is 4.79 Å². The SMILES string of the molecule is COc1cc(NC(=O)COC(=O)c2cc(C)cc(C)c2)c(OC)cc1Cl. The molecular formula is C19H20ClNO5. The van der Waals surface area contributed by atoms with E-state index in [0.29, 0.717) is 27.8 Å². The molecule has 0 spiro atoms. The molecule has 0 aliphatic carbocycles. The third-order valence-electron chi connectivity index (χ3n) is 3.54. The van der Waals surface area contributed by atoms with Crippen molar-refractivity contribution in [3.05, 3.63) is 52.0 Å². The Balaban J connectivity index is 2.04. The van der Waals surface area contributed by atoms with Gasteiger partial charge in [-0.25, -0.2) is 4.79 Å². The van der Waals surface area contributed by atoms with Crippen molar-refractivity contribution in [1.29, 1.82) is 0 Å². The van der Waals surface area contributed by atoms with E-state index in [2.05, 4.69) is 5.32 Å². The fourth-order valence-electron chi connectivity index (χ4n) is 2.45. The highest BCUT2D eigenvalue weighted by atomic mass is 35.5. The van der Waals surface area contributed by atoms with Crippen molar-refractivity contribution in [2.24, 2.45) is 0 Å². The lowest BCUT2D eigenvalue weighted by Gasteiger charge is -2.13. The van der Waals surface area contributed by atoms with Gasteiger partial charge in [0.2, 0.25) is 0 Å². The van der Waals surface area contributed by atoms with E-state index in [-0.39, 0.29) is 0 Å². The van der Waals surface area contributed by atoms with Gasteiger partial charge in [-0.05, 0) is 26.0 Å². The van der Waals surface area contributed by atoms with E-state index in [4.69, 9.17) is 25.8 Å². The number of ether oxygens (including phenoxy) is 3. The first-order chi connectivity index (χ1) is 12.3. The summed E-state index contributed by atoms with van der Waals surface area (Å²) in [6.45, 7) is 3.34. The second-order valence-electron chi connectivity index (χ2n) is 5.69. The van der Waals surface area contributed by atoms with Gasteiger partial charge in [0, 0.05) is 12.1 Å². The van der Waals surface area contributed by atoms with Crippen molar-refractivity contribution < 1.29 is 23.8 Å². The Hall–Kier alpha value is -2.73. The number of nitrogens with one attached hydrogen (secondary N) is 1. The number of benzene rings is 2. The van der Waals surface area contributed by atoms with E-state index in [0.717, 1.165) is 11.1 Å². The Morgan fingerprint density at radius 2 is 1.58 bits per heavy atom. The number of hydrogen-bond donors (Lipinski definition) is 1. The lowest BCUT2D eigenvalue weighted by atomic mass is 10.1. The molecule has 0 radical (unpaired) electrons. The van der Waals surface area contributed by atoms with Crippen LogP contribution in [0.3, 0.4) is 0 Å². The monoisotopic (exact) mass is 377 g/mol. The Morgan fingerprint density at radius 1 is 0.962 bits per heavy atom. The normalized spacial score (nSPS) is 10.2. The van der Waals surface area contributed by atoms with Gasteiger partial charge in [0.25, 0.3) is 5.91 Å². The zero-order valence-electron chi connectivity index (χ0n) is 15.0. The highest BCUT2D eigenvalue weighted by Crippen LogP contribution is 2.35. The molecule has 0 bridgehead atoms. The van der Waals surface area contributed by atoms with Crippen LogP contribution >= 0.6 is 11.6 Å². The fourth-order valence-corrected chi connectivity index (χ4v) is 2.68. The van der Waals surface area contributed by atoms with Gasteiger partial charge in [0.15, 0.2) is 6.61 Å². The maximum Gasteiger partial charge on any atom is 0.338 e. The number of hydrogen-bond acceptors (Lipinski definition) is 5. The molecule has 0 saturated heterocycles. The zero-order chi connectivity index (χ0) is 19.3. The standard InChI is InChI=1S/C19H20ClNO5/c1-11-5-12(2)7-13(6-11)19(23)26-10-18(22)21-15-9-16(24-3)14(20)8-17(15)25-4/h5-9H,10H2,1-4H3,(H,21,22). The summed E-state index contributed by atoms with van der Waals surface area (Å²) in [6.07, 6.45) is 0. The largest absolute Gasteiger partial charge is 0.495 e. The molecule has 1 N–H and O–H groups in total. The molecule has 2 aromatic carbocycles. The van der Waals surface area contributed by atoms with Crippen LogP contribution in [0.4, 0.5) is 5.69 Å². The molecule has 0 saturated carbocycles. The number of carbonyl (C=O) groups excluding carboxylic acids is 2. The van der Waals surface area contributed by atoms with Crippen LogP contribution in [0.2, 0.25) is 5.02 Å². The van der Waals surface area contributed by atoms with Gasteiger partial charge in [-0.2, -0.15) is 0 Å². The van der Waals surface area contributed by atoms with Gasteiger partial charge >= 0.3 is 5.97 Å². The van der Waals surface area contributed by atoms with E-state index in [1.807, 2.05) is 19.9 Å². The molecule has 2 aromatic rings. The predicted octanol–water partition coefficient (Wildman–Crippen LogP) is 3.77. The van der Waals surface area contributed by atoms with E-state index >= 15 is 0 Å². The number of esters is 1. The number of anilines is 1. The van der Waals surface area contributed by atoms with Crippen LogP contribution in [0.15, 0.2) is 30.3 Å². The molecule has 0 aliphatic heterocycles. The number of aryl methyl sites for hydroxylation is 2. The molecule has 6 nitrogen and oxygen atoms in total. The van der Waals surface area contributed by atoms with E-state index in [1.54, 1.807) is 12.1 Å². The lowest BCUT2D eigenvalue weighted by molar-refractivity contribution is -0.119. The summed E-state index contributed by atoms with van der Waals surface area (Å²) in [4.78, 5) is 24.2. The molecule has 0 unspecified atom stereocenters. The van der Waals surface area contributed by atoms with E-state index in [9.17, 15) is 9.59 Å². The molecular weight excluding hydrogens is 358 g/mol. The van der Waals surface area contributed by atoms with E-state index in [1.165, 1.54) is 26.4 Å². The average Bonchev–Trinajstić information content (AvgIpc) is 2.59. The molecule has 0 aliphatic rings. The lowest BCUT2D eigenvalue weighted by Crippen LogP contribution is -2.21. The Morgan fingerprint density at radius 3 is 2.15 bits per heavy atom. The average molecular weight is 378 g/mol. The third-order valence-corrected chi connectivity index (χ3v) is 3.84.